The third kappa shape index (κ3) is 6.71. The zero-order valence-electron chi connectivity index (χ0n) is 26.0. The van der Waals surface area contributed by atoms with Crippen LogP contribution < -0.4 is 29.1 Å². The Morgan fingerprint density at radius 3 is 2.57 bits per heavy atom. The maximum absolute atomic E-state index is 14.1. The minimum Gasteiger partial charge on any atom is -0.493 e. The van der Waals surface area contributed by atoms with E-state index in [-0.39, 0.29) is 30.5 Å². The number of hydrogen-bond donors (Lipinski definition) is 0. The van der Waals surface area contributed by atoms with Gasteiger partial charge in [0.2, 0.25) is 0 Å². The minimum absolute atomic E-state index is 0.135. The molecule has 0 saturated carbocycles. The number of carbonyl (C=O) groups is 1. The number of thiazole rings is 1. The quantitative estimate of drug-likeness (QED) is 0.201. The molecule has 2 heterocycles. The van der Waals surface area contributed by atoms with Gasteiger partial charge >= 0.3 is 5.97 Å². The van der Waals surface area contributed by atoms with Gasteiger partial charge in [-0.25, -0.2) is 9.79 Å². The summed E-state index contributed by atoms with van der Waals surface area (Å²) in [6.07, 6.45) is 1.57. The lowest BCUT2D eigenvalue weighted by atomic mass is 9.95. The summed E-state index contributed by atoms with van der Waals surface area (Å²) in [5.41, 5.74) is 3.07. The van der Waals surface area contributed by atoms with Crippen molar-refractivity contribution in [3.05, 3.63) is 119 Å². The Morgan fingerprint density at radius 2 is 1.89 bits per heavy atom. The molecule has 236 valence electrons. The van der Waals surface area contributed by atoms with Gasteiger partial charge in [-0.05, 0) is 75.2 Å². The molecule has 9 nitrogen and oxygen atoms in total. The number of esters is 1. The number of ether oxygens (including phenoxy) is 4. The van der Waals surface area contributed by atoms with E-state index in [1.807, 2.05) is 50.2 Å². The molecule has 0 unspecified atom stereocenters. The molecule has 1 aliphatic heterocycles. The highest BCUT2D eigenvalue weighted by molar-refractivity contribution is 7.07. The van der Waals surface area contributed by atoms with Gasteiger partial charge in [0.05, 0.1) is 52.3 Å². The smallest absolute Gasteiger partial charge is 0.338 e. The topological polar surface area (TPSA) is 112 Å². The van der Waals surface area contributed by atoms with Gasteiger partial charge in [-0.3, -0.25) is 9.36 Å². The van der Waals surface area contributed by atoms with Crippen molar-refractivity contribution in [1.29, 1.82) is 5.26 Å². The van der Waals surface area contributed by atoms with Gasteiger partial charge in [-0.2, -0.15) is 5.26 Å². The van der Waals surface area contributed by atoms with Crippen LogP contribution in [0, 0.1) is 11.3 Å². The molecule has 4 aromatic rings. The molecule has 1 aromatic heterocycles. The monoisotopic (exact) mass is 657 g/mol. The Morgan fingerprint density at radius 1 is 1.15 bits per heavy atom. The van der Waals surface area contributed by atoms with Gasteiger partial charge in [0.15, 0.2) is 16.3 Å². The van der Waals surface area contributed by atoms with Crippen molar-refractivity contribution in [3.8, 4) is 23.3 Å². The standard InChI is InChI=1S/C35H32ClN3O6S/c1-6-43-34(41)30-21(4)38-35-39(31(30)25-9-7-8-10-27(25)45-20(2)3)33(40)29(46-35)17-24-15-26(36)32(28(16-24)42-5)44-19-23-13-11-22(18-37)12-14-23/h7-17,20,31H,6,19H2,1-5H3/b29-17-/t31-/m1/s1. The Kier molecular flexibility index (Phi) is 9.95. The highest BCUT2D eigenvalue weighted by Gasteiger charge is 2.35. The second-order valence-corrected chi connectivity index (χ2v) is 12.1. The fraction of sp³-hybridized carbons (Fsp3) is 0.257. The van der Waals surface area contributed by atoms with Gasteiger partial charge in [-0.1, -0.05) is 53.3 Å². The number of fused-ring (bicyclic) bond motifs is 1. The number of rotatable bonds is 10. The van der Waals surface area contributed by atoms with Crippen LogP contribution in [0.15, 0.2) is 81.7 Å². The Bertz CT molecular complexity index is 2040. The lowest BCUT2D eigenvalue weighted by Crippen LogP contribution is -2.40. The van der Waals surface area contributed by atoms with Crippen molar-refractivity contribution in [2.75, 3.05) is 13.7 Å². The summed E-state index contributed by atoms with van der Waals surface area (Å²) in [6.45, 7) is 7.69. The van der Waals surface area contributed by atoms with Crippen molar-refractivity contribution in [1.82, 2.24) is 4.57 Å². The van der Waals surface area contributed by atoms with E-state index in [0.29, 0.717) is 54.0 Å². The lowest BCUT2D eigenvalue weighted by molar-refractivity contribution is -0.139. The Labute approximate surface area is 275 Å². The van der Waals surface area contributed by atoms with Gasteiger partial charge in [-0.15, -0.1) is 0 Å². The van der Waals surface area contributed by atoms with Gasteiger partial charge in [0, 0.05) is 5.56 Å². The van der Waals surface area contributed by atoms with Crippen molar-refractivity contribution in [2.24, 2.45) is 4.99 Å². The molecular weight excluding hydrogens is 626 g/mol. The molecule has 3 aromatic carbocycles. The zero-order valence-corrected chi connectivity index (χ0v) is 27.6. The van der Waals surface area contributed by atoms with E-state index >= 15 is 0 Å². The van der Waals surface area contributed by atoms with Crippen molar-refractivity contribution < 1.29 is 23.7 Å². The van der Waals surface area contributed by atoms with Crippen LogP contribution in [0.3, 0.4) is 0 Å². The molecule has 1 aliphatic rings. The summed E-state index contributed by atoms with van der Waals surface area (Å²) >= 11 is 7.86. The fourth-order valence-corrected chi connectivity index (χ4v) is 6.42. The molecule has 5 rings (SSSR count). The summed E-state index contributed by atoms with van der Waals surface area (Å²) in [6, 6.07) is 19.1. The van der Waals surface area contributed by atoms with Crippen LogP contribution in [0.4, 0.5) is 0 Å². The van der Waals surface area contributed by atoms with Crippen molar-refractivity contribution >= 4 is 35.0 Å². The van der Waals surface area contributed by atoms with Gasteiger partial charge in [0.1, 0.15) is 18.4 Å². The number of nitriles is 1. The van der Waals surface area contributed by atoms with E-state index in [1.165, 1.54) is 23.0 Å². The lowest BCUT2D eigenvalue weighted by Gasteiger charge is -2.26. The number of nitrogens with zero attached hydrogens (tertiary/aromatic N) is 3. The number of aromatic nitrogens is 1. The summed E-state index contributed by atoms with van der Waals surface area (Å²) in [5, 5.41) is 9.33. The number of carbonyl (C=O) groups excluding carboxylic acids is 1. The predicted molar refractivity (Wildman–Crippen MR) is 176 cm³/mol. The minimum atomic E-state index is -0.816. The molecule has 0 bridgehead atoms. The number of hydrogen-bond acceptors (Lipinski definition) is 9. The number of methoxy groups -OCH3 is 1. The van der Waals surface area contributed by atoms with Crippen LogP contribution in [0.5, 0.6) is 17.2 Å². The first-order valence-corrected chi connectivity index (χ1v) is 15.8. The van der Waals surface area contributed by atoms with E-state index in [1.54, 1.807) is 44.2 Å². The summed E-state index contributed by atoms with van der Waals surface area (Å²) in [7, 11) is 1.51. The van der Waals surface area contributed by atoms with E-state index < -0.39 is 12.0 Å². The molecule has 0 spiro atoms. The number of para-hydroxylation sites is 1. The highest BCUT2D eigenvalue weighted by Crippen LogP contribution is 2.38. The molecule has 0 saturated heterocycles. The van der Waals surface area contributed by atoms with Gasteiger partial charge < -0.3 is 18.9 Å². The molecule has 11 heteroatoms. The molecule has 46 heavy (non-hydrogen) atoms. The molecule has 0 N–H and O–H groups in total. The fourth-order valence-electron chi connectivity index (χ4n) is 5.10. The largest absolute Gasteiger partial charge is 0.493 e. The van der Waals surface area contributed by atoms with Crippen LogP contribution in [0.2, 0.25) is 5.02 Å². The third-order valence-electron chi connectivity index (χ3n) is 7.11. The number of benzene rings is 3. The first-order chi connectivity index (χ1) is 22.1. The Balaban J connectivity index is 1.58. The maximum Gasteiger partial charge on any atom is 0.338 e. The average molecular weight is 658 g/mol. The highest BCUT2D eigenvalue weighted by atomic mass is 35.5. The average Bonchev–Trinajstić information content (AvgIpc) is 3.33. The maximum atomic E-state index is 14.1. The molecule has 0 radical (unpaired) electrons. The second-order valence-electron chi connectivity index (χ2n) is 10.6. The Hall–Kier alpha value is -4.85. The van der Waals surface area contributed by atoms with Crippen molar-refractivity contribution in [3.63, 3.8) is 0 Å². The summed E-state index contributed by atoms with van der Waals surface area (Å²) < 4.78 is 25.0. The van der Waals surface area contributed by atoms with Crippen LogP contribution in [-0.2, 0) is 16.1 Å². The van der Waals surface area contributed by atoms with E-state index in [4.69, 9.17) is 35.8 Å². The zero-order chi connectivity index (χ0) is 33.0. The van der Waals surface area contributed by atoms with Crippen LogP contribution in [-0.4, -0.2) is 30.4 Å². The number of halogens is 1. The summed E-state index contributed by atoms with van der Waals surface area (Å²) in [4.78, 5) is 32.5. The molecule has 0 fully saturated rings. The predicted octanol–water partition coefficient (Wildman–Crippen LogP) is 5.70. The van der Waals surface area contributed by atoms with Crippen LogP contribution in [0.1, 0.15) is 56.0 Å². The normalized spacial score (nSPS) is 14.4. The van der Waals surface area contributed by atoms with Gasteiger partial charge in [0.25, 0.3) is 5.56 Å². The second kappa shape index (κ2) is 14.1. The third-order valence-corrected chi connectivity index (χ3v) is 8.37. The first kappa shape index (κ1) is 32.5. The molecule has 1 atom stereocenters. The van der Waals surface area contributed by atoms with Crippen LogP contribution in [0.25, 0.3) is 6.08 Å². The van der Waals surface area contributed by atoms with Crippen LogP contribution >= 0.6 is 22.9 Å². The molecular formula is C35H32ClN3O6S. The molecule has 0 amide bonds. The first-order valence-electron chi connectivity index (χ1n) is 14.6. The summed E-state index contributed by atoms with van der Waals surface area (Å²) in [5.74, 6) is 0.749. The number of allylic oxidation sites excluding steroid dienone is 1. The van der Waals surface area contributed by atoms with E-state index in [9.17, 15) is 9.59 Å². The SMILES string of the molecule is CCOC(=O)C1=C(C)N=c2s/c(=C\c3cc(Cl)c(OCc4ccc(C#N)cc4)c(OC)c3)c(=O)n2[C@@H]1c1ccccc1OC(C)C. The van der Waals surface area contributed by atoms with E-state index in [0.717, 1.165) is 5.56 Å². The van der Waals surface area contributed by atoms with Crippen molar-refractivity contribution in [2.45, 2.75) is 46.4 Å². The van der Waals surface area contributed by atoms with E-state index in [2.05, 4.69) is 11.1 Å². The molecule has 0 aliphatic carbocycles.